The number of urea groups is 1. The average Bonchev–Trinajstić information content (AvgIpc) is 2.48. The Morgan fingerprint density at radius 3 is 2.67 bits per heavy atom. The molecular formula is C10H18N4O. The molecule has 0 radical (unpaired) electrons. The molecule has 2 N–H and O–H groups in total. The van der Waals surface area contributed by atoms with Crippen molar-refractivity contribution in [3.8, 4) is 0 Å². The van der Waals surface area contributed by atoms with Gasteiger partial charge < -0.3 is 10.6 Å². The standard InChI is InChI=1S/C10H18N4O/c1-5-14-7-8(6-11-14)12-9(15)13-10(2,3)4/h6-7H,5H2,1-4H3,(H2,12,13,15). The summed E-state index contributed by atoms with van der Waals surface area (Å²) in [6, 6.07) is -0.210. The number of amides is 2. The molecule has 0 aliphatic heterocycles. The second-order valence-corrected chi connectivity index (χ2v) is 4.41. The van der Waals surface area contributed by atoms with Gasteiger partial charge >= 0.3 is 6.03 Å². The first-order valence-corrected chi connectivity index (χ1v) is 5.02. The Bertz CT molecular complexity index is 337. The van der Waals surface area contributed by atoms with Gasteiger partial charge in [0.1, 0.15) is 0 Å². The van der Waals surface area contributed by atoms with Gasteiger partial charge in [-0.1, -0.05) is 0 Å². The molecular weight excluding hydrogens is 192 g/mol. The van der Waals surface area contributed by atoms with Crippen molar-refractivity contribution in [2.24, 2.45) is 0 Å². The first-order valence-electron chi connectivity index (χ1n) is 5.02. The van der Waals surface area contributed by atoms with E-state index in [4.69, 9.17) is 0 Å². The number of aromatic nitrogens is 2. The van der Waals surface area contributed by atoms with Crippen LogP contribution in [0.4, 0.5) is 10.5 Å². The number of carbonyl (C=O) groups excluding carboxylic acids is 1. The quantitative estimate of drug-likeness (QED) is 0.782. The van der Waals surface area contributed by atoms with Crippen LogP contribution in [0.3, 0.4) is 0 Å². The minimum absolute atomic E-state index is 0.210. The molecule has 0 atom stereocenters. The Morgan fingerprint density at radius 2 is 2.20 bits per heavy atom. The molecule has 1 aromatic heterocycles. The van der Waals surface area contributed by atoms with Crippen LogP contribution in [-0.4, -0.2) is 21.4 Å². The summed E-state index contributed by atoms with van der Waals surface area (Å²) in [5.74, 6) is 0. The molecule has 0 saturated carbocycles. The van der Waals surface area contributed by atoms with Gasteiger partial charge in [0, 0.05) is 18.3 Å². The van der Waals surface area contributed by atoms with Gasteiger partial charge in [-0.3, -0.25) is 4.68 Å². The monoisotopic (exact) mass is 210 g/mol. The molecule has 0 bridgehead atoms. The summed E-state index contributed by atoms with van der Waals surface area (Å²) in [5.41, 5.74) is 0.476. The predicted octanol–water partition coefficient (Wildman–Crippen LogP) is 1.82. The lowest BCUT2D eigenvalue weighted by Gasteiger charge is -2.20. The van der Waals surface area contributed by atoms with Crippen LogP contribution < -0.4 is 10.6 Å². The fraction of sp³-hybridized carbons (Fsp3) is 0.600. The van der Waals surface area contributed by atoms with Gasteiger partial charge in [-0.2, -0.15) is 5.10 Å². The van der Waals surface area contributed by atoms with Crippen LogP contribution in [0.2, 0.25) is 0 Å². The Labute approximate surface area is 89.9 Å². The normalized spacial score (nSPS) is 11.2. The van der Waals surface area contributed by atoms with Crippen molar-refractivity contribution in [1.82, 2.24) is 15.1 Å². The molecule has 5 heteroatoms. The maximum atomic E-state index is 11.5. The van der Waals surface area contributed by atoms with Crippen LogP contribution in [0.15, 0.2) is 12.4 Å². The van der Waals surface area contributed by atoms with Crippen molar-refractivity contribution in [3.05, 3.63) is 12.4 Å². The first kappa shape index (κ1) is 11.6. The summed E-state index contributed by atoms with van der Waals surface area (Å²) in [4.78, 5) is 11.5. The number of anilines is 1. The van der Waals surface area contributed by atoms with Crippen molar-refractivity contribution in [2.45, 2.75) is 39.8 Å². The molecule has 0 saturated heterocycles. The Kier molecular flexibility index (Phi) is 3.34. The molecule has 2 amide bonds. The van der Waals surface area contributed by atoms with Crippen LogP contribution >= 0.6 is 0 Å². The summed E-state index contributed by atoms with van der Waals surface area (Å²) in [5, 5.41) is 9.59. The average molecular weight is 210 g/mol. The highest BCUT2D eigenvalue weighted by Crippen LogP contribution is 2.05. The number of hydrogen-bond acceptors (Lipinski definition) is 2. The molecule has 15 heavy (non-hydrogen) atoms. The lowest BCUT2D eigenvalue weighted by atomic mass is 10.1. The zero-order chi connectivity index (χ0) is 11.5. The minimum Gasteiger partial charge on any atom is -0.333 e. The van der Waals surface area contributed by atoms with Crippen LogP contribution in [-0.2, 0) is 6.54 Å². The maximum Gasteiger partial charge on any atom is 0.319 e. The molecule has 1 heterocycles. The van der Waals surface area contributed by atoms with Crippen molar-refractivity contribution in [1.29, 1.82) is 0 Å². The van der Waals surface area contributed by atoms with E-state index < -0.39 is 0 Å². The summed E-state index contributed by atoms with van der Waals surface area (Å²) in [7, 11) is 0. The number of aryl methyl sites for hydroxylation is 1. The second kappa shape index (κ2) is 4.33. The van der Waals surface area contributed by atoms with Crippen LogP contribution in [0.1, 0.15) is 27.7 Å². The van der Waals surface area contributed by atoms with E-state index in [0.29, 0.717) is 5.69 Å². The van der Waals surface area contributed by atoms with Crippen LogP contribution in [0.25, 0.3) is 0 Å². The van der Waals surface area contributed by atoms with E-state index in [1.54, 1.807) is 17.1 Å². The van der Waals surface area contributed by atoms with Crippen LogP contribution in [0.5, 0.6) is 0 Å². The molecule has 1 rings (SSSR count). The number of hydrogen-bond donors (Lipinski definition) is 2. The van der Waals surface area contributed by atoms with Crippen molar-refractivity contribution in [3.63, 3.8) is 0 Å². The highest BCUT2D eigenvalue weighted by atomic mass is 16.2. The summed E-state index contributed by atoms with van der Waals surface area (Å²) in [6.45, 7) is 8.58. The molecule has 0 unspecified atom stereocenters. The highest BCUT2D eigenvalue weighted by Gasteiger charge is 2.13. The zero-order valence-corrected chi connectivity index (χ0v) is 9.66. The van der Waals surface area contributed by atoms with E-state index in [1.807, 2.05) is 27.7 Å². The second-order valence-electron chi connectivity index (χ2n) is 4.41. The van der Waals surface area contributed by atoms with E-state index in [0.717, 1.165) is 6.54 Å². The number of rotatable bonds is 2. The summed E-state index contributed by atoms with van der Waals surface area (Å²) < 4.78 is 1.76. The SMILES string of the molecule is CCn1cc(NC(=O)NC(C)(C)C)cn1. The zero-order valence-electron chi connectivity index (χ0n) is 9.66. The Balaban J connectivity index is 2.51. The molecule has 0 aliphatic rings. The van der Waals surface area contributed by atoms with E-state index in [1.165, 1.54) is 0 Å². The van der Waals surface area contributed by atoms with Gasteiger partial charge in [-0.15, -0.1) is 0 Å². The van der Waals surface area contributed by atoms with Gasteiger partial charge in [0.25, 0.3) is 0 Å². The molecule has 0 aliphatic carbocycles. The third kappa shape index (κ3) is 4.01. The topological polar surface area (TPSA) is 59.0 Å². The van der Waals surface area contributed by atoms with Gasteiger partial charge in [-0.05, 0) is 27.7 Å². The summed E-state index contributed by atoms with van der Waals surface area (Å²) >= 11 is 0. The lowest BCUT2D eigenvalue weighted by molar-refractivity contribution is 0.244. The van der Waals surface area contributed by atoms with Gasteiger partial charge in [0.05, 0.1) is 11.9 Å². The lowest BCUT2D eigenvalue weighted by Crippen LogP contribution is -2.43. The molecule has 0 spiro atoms. The fourth-order valence-electron chi connectivity index (χ4n) is 1.10. The third-order valence-corrected chi connectivity index (χ3v) is 1.70. The van der Waals surface area contributed by atoms with Gasteiger partial charge in [-0.25, -0.2) is 4.79 Å². The molecule has 84 valence electrons. The van der Waals surface area contributed by atoms with E-state index in [9.17, 15) is 4.79 Å². The van der Waals surface area contributed by atoms with Crippen molar-refractivity contribution in [2.75, 3.05) is 5.32 Å². The molecule has 5 nitrogen and oxygen atoms in total. The molecule has 0 fully saturated rings. The van der Waals surface area contributed by atoms with E-state index in [2.05, 4.69) is 15.7 Å². The molecule has 1 aromatic rings. The predicted molar refractivity (Wildman–Crippen MR) is 59.8 cm³/mol. The maximum absolute atomic E-state index is 11.5. The minimum atomic E-state index is -0.231. The summed E-state index contributed by atoms with van der Waals surface area (Å²) in [6.07, 6.45) is 3.42. The van der Waals surface area contributed by atoms with Gasteiger partial charge in [0.15, 0.2) is 0 Å². The van der Waals surface area contributed by atoms with E-state index >= 15 is 0 Å². The largest absolute Gasteiger partial charge is 0.333 e. The smallest absolute Gasteiger partial charge is 0.319 e. The van der Waals surface area contributed by atoms with Crippen molar-refractivity contribution >= 4 is 11.7 Å². The third-order valence-electron chi connectivity index (χ3n) is 1.70. The highest BCUT2D eigenvalue weighted by molar-refractivity contribution is 5.89. The Hall–Kier alpha value is -1.52. The van der Waals surface area contributed by atoms with Gasteiger partial charge in [0.2, 0.25) is 0 Å². The number of carbonyl (C=O) groups is 1. The van der Waals surface area contributed by atoms with Crippen molar-refractivity contribution < 1.29 is 4.79 Å². The van der Waals surface area contributed by atoms with E-state index in [-0.39, 0.29) is 11.6 Å². The first-order chi connectivity index (χ1) is 6.90. The number of nitrogens with one attached hydrogen (secondary N) is 2. The van der Waals surface area contributed by atoms with Crippen LogP contribution in [0, 0.1) is 0 Å². The number of nitrogens with zero attached hydrogens (tertiary/aromatic N) is 2. The fourth-order valence-corrected chi connectivity index (χ4v) is 1.10. The Morgan fingerprint density at radius 1 is 1.53 bits per heavy atom. The molecule has 0 aromatic carbocycles.